The van der Waals surface area contributed by atoms with Gasteiger partial charge in [-0.2, -0.15) is 0 Å². The van der Waals surface area contributed by atoms with Gasteiger partial charge in [-0.3, -0.25) is 13.9 Å². The molecule has 192 valence electrons. The minimum Gasteiger partial charge on any atom is -0.493 e. The number of sulfonamides is 1. The molecule has 0 heterocycles. The van der Waals surface area contributed by atoms with Gasteiger partial charge in [0.25, 0.3) is 0 Å². The fourth-order valence-corrected chi connectivity index (χ4v) is 4.71. The van der Waals surface area contributed by atoms with Crippen LogP contribution in [-0.4, -0.2) is 64.7 Å². The van der Waals surface area contributed by atoms with Gasteiger partial charge in [0.05, 0.1) is 26.2 Å². The summed E-state index contributed by atoms with van der Waals surface area (Å²) in [6.07, 6.45) is 0.986. The molecule has 0 saturated heterocycles. The molecule has 0 unspecified atom stereocenters. The largest absolute Gasteiger partial charge is 0.493 e. The number of carbonyl (C=O) groups is 2. The molecular weight excluding hydrogens is 517 g/mol. The fourth-order valence-electron chi connectivity index (χ4n) is 3.35. The number of halogens is 2. The number of likely N-dealkylation sites (N-methyl/N-ethyl adjacent to an activating group) is 1. The predicted octanol–water partition coefficient (Wildman–Crippen LogP) is 3.33. The Morgan fingerprint density at radius 2 is 1.66 bits per heavy atom. The molecule has 2 aromatic rings. The highest BCUT2D eigenvalue weighted by atomic mass is 35.5. The number of hydrogen-bond donors (Lipinski definition) is 1. The van der Waals surface area contributed by atoms with Crippen molar-refractivity contribution in [2.24, 2.45) is 0 Å². The minimum absolute atomic E-state index is 0.0980. The van der Waals surface area contributed by atoms with E-state index < -0.39 is 34.4 Å². The molecular formula is C23H29Cl2N3O6S. The van der Waals surface area contributed by atoms with Gasteiger partial charge in [-0.15, -0.1) is 0 Å². The zero-order valence-electron chi connectivity index (χ0n) is 20.2. The SMILES string of the molecule is CCNC(=O)[C@H](C)N(Cc1c(Cl)cccc1Cl)C(=O)CN(c1ccc(OC)c(OC)c1)S(C)(=O)=O. The summed E-state index contributed by atoms with van der Waals surface area (Å²) < 4.78 is 36.8. The van der Waals surface area contributed by atoms with E-state index in [1.807, 2.05) is 0 Å². The number of amides is 2. The van der Waals surface area contributed by atoms with Gasteiger partial charge in [-0.1, -0.05) is 29.3 Å². The van der Waals surface area contributed by atoms with Crippen LogP contribution in [0, 0.1) is 0 Å². The van der Waals surface area contributed by atoms with E-state index in [1.165, 1.54) is 37.3 Å². The van der Waals surface area contributed by atoms with Crippen molar-refractivity contribution in [2.75, 3.05) is 37.9 Å². The van der Waals surface area contributed by atoms with E-state index in [-0.39, 0.29) is 12.2 Å². The van der Waals surface area contributed by atoms with Gasteiger partial charge >= 0.3 is 0 Å². The van der Waals surface area contributed by atoms with E-state index in [2.05, 4.69) is 5.32 Å². The molecule has 1 atom stereocenters. The number of ether oxygens (including phenoxy) is 2. The maximum Gasteiger partial charge on any atom is 0.244 e. The van der Waals surface area contributed by atoms with E-state index >= 15 is 0 Å². The Kier molecular flexibility index (Phi) is 10.1. The molecule has 12 heteroatoms. The van der Waals surface area contributed by atoms with Crippen molar-refractivity contribution < 1.29 is 27.5 Å². The molecule has 2 rings (SSSR count). The highest BCUT2D eigenvalue weighted by Gasteiger charge is 2.31. The first-order chi connectivity index (χ1) is 16.4. The first-order valence-corrected chi connectivity index (χ1v) is 13.2. The van der Waals surface area contributed by atoms with Crippen LogP contribution in [0.4, 0.5) is 5.69 Å². The van der Waals surface area contributed by atoms with E-state index in [1.54, 1.807) is 32.0 Å². The maximum atomic E-state index is 13.5. The van der Waals surface area contributed by atoms with E-state index in [0.29, 0.717) is 33.7 Å². The number of carbonyl (C=O) groups excluding carboxylic acids is 2. The summed E-state index contributed by atoms with van der Waals surface area (Å²) in [5.41, 5.74) is 0.636. The summed E-state index contributed by atoms with van der Waals surface area (Å²) in [5, 5.41) is 3.31. The van der Waals surface area contributed by atoms with Gasteiger partial charge in [0.2, 0.25) is 21.8 Å². The number of anilines is 1. The predicted molar refractivity (Wildman–Crippen MR) is 137 cm³/mol. The maximum absolute atomic E-state index is 13.5. The Hall–Kier alpha value is -2.69. The Morgan fingerprint density at radius 1 is 1.06 bits per heavy atom. The third-order valence-corrected chi connectivity index (χ3v) is 7.09. The Labute approximate surface area is 215 Å². The van der Waals surface area contributed by atoms with Crippen molar-refractivity contribution in [3.8, 4) is 11.5 Å². The van der Waals surface area contributed by atoms with Crippen LogP contribution in [0.5, 0.6) is 11.5 Å². The zero-order chi connectivity index (χ0) is 26.3. The third kappa shape index (κ3) is 7.16. The molecule has 0 bridgehead atoms. The van der Waals surface area contributed by atoms with Crippen LogP contribution in [0.2, 0.25) is 10.0 Å². The van der Waals surface area contributed by atoms with E-state index in [9.17, 15) is 18.0 Å². The normalized spacial score (nSPS) is 12.0. The second kappa shape index (κ2) is 12.3. The van der Waals surface area contributed by atoms with Crippen molar-refractivity contribution in [1.82, 2.24) is 10.2 Å². The molecule has 35 heavy (non-hydrogen) atoms. The van der Waals surface area contributed by atoms with Gasteiger partial charge in [-0.05, 0) is 38.1 Å². The topological polar surface area (TPSA) is 105 Å². The van der Waals surface area contributed by atoms with E-state index in [0.717, 1.165) is 10.6 Å². The van der Waals surface area contributed by atoms with Crippen LogP contribution in [0.3, 0.4) is 0 Å². The average molecular weight is 546 g/mol. The van der Waals surface area contributed by atoms with Gasteiger partial charge < -0.3 is 19.7 Å². The number of nitrogens with one attached hydrogen (secondary N) is 1. The van der Waals surface area contributed by atoms with Crippen LogP contribution in [0.25, 0.3) is 0 Å². The number of hydrogen-bond acceptors (Lipinski definition) is 6. The molecule has 0 aliphatic heterocycles. The lowest BCUT2D eigenvalue weighted by Crippen LogP contribution is -2.51. The molecule has 2 amide bonds. The van der Waals surface area contributed by atoms with Crippen molar-refractivity contribution >= 4 is 50.7 Å². The van der Waals surface area contributed by atoms with Crippen molar-refractivity contribution in [3.63, 3.8) is 0 Å². The average Bonchev–Trinajstić information content (AvgIpc) is 2.80. The standard InChI is InChI=1S/C23H29Cl2N3O6S/c1-6-26-23(30)15(2)27(13-17-18(24)8-7-9-19(17)25)22(29)14-28(35(5,31)32)16-10-11-20(33-3)21(12-16)34-4/h7-12,15H,6,13-14H2,1-5H3,(H,26,30)/t15-/m0/s1. The van der Waals surface area contributed by atoms with Gasteiger partial charge in [0.15, 0.2) is 11.5 Å². The second-order valence-electron chi connectivity index (χ2n) is 7.60. The highest BCUT2D eigenvalue weighted by Crippen LogP contribution is 2.33. The number of methoxy groups -OCH3 is 2. The van der Waals surface area contributed by atoms with Crippen molar-refractivity contribution in [2.45, 2.75) is 26.4 Å². The first-order valence-electron chi connectivity index (χ1n) is 10.6. The summed E-state index contributed by atoms with van der Waals surface area (Å²) in [6, 6.07) is 8.46. The molecule has 0 saturated carbocycles. The van der Waals surface area contributed by atoms with Crippen LogP contribution in [-0.2, 0) is 26.2 Å². The zero-order valence-corrected chi connectivity index (χ0v) is 22.5. The van der Waals surface area contributed by atoms with Crippen LogP contribution in [0.15, 0.2) is 36.4 Å². The monoisotopic (exact) mass is 545 g/mol. The summed E-state index contributed by atoms with van der Waals surface area (Å²) in [4.78, 5) is 27.4. The quantitative estimate of drug-likeness (QED) is 0.464. The van der Waals surface area contributed by atoms with Crippen LogP contribution < -0.4 is 19.1 Å². The number of benzene rings is 2. The molecule has 0 radical (unpaired) electrons. The number of rotatable bonds is 11. The first kappa shape index (κ1) is 28.5. The lowest BCUT2D eigenvalue weighted by molar-refractivity contribution is -0.139. The van der Waals surface area contributed by atoms with Crippen molar-refractivity contribution in [3.05, 3.63) is 52.0 Å². The van der Waals surface area contributed by atoms with E-state index in [4.69, 9.17) is 32.7 Å². The smallest absolute Gasteiger partial charge is 0.244 e. The molecule has 0 aromatic heterocycles. The molecule has 0 fully saturated rings. The molecule has 1 N–H and O–H groups in total. The summed E-state index contributed by atoms with van der Waals surface area (Å²) >= 11 is 12.6. The van der Waals surface area contributed by atoms with Gasteiger partial charge in [0.1, 0.15) is 12.6 Å². The Bertz CT molecular complexity index is 1160. The van der Waals surface area contributed by atoms with Crippen molar-refractivity contribution in [1.29, 1.82) is 0 Å². The molecule has 0 aliphatic carbocycles. The minimum atomic E-state index is -3.90. The van der Waals surface area contributed by atoms with Crippen LogP contribution in [0.1, 0.15) is 19.4 Å². The summed E-state index contributed by atoms with van der Waals surface area (Å²) in [5.74, 6) is -0.335. The fraction of sp³-hybridized carbons (Fsp3) is 0.391. The molecule has 0 aliphatic rings. The Balaban J connectivity index is 2.49. The van der Waals surface area contributed by atoms with Crippen LogP contribution >= 0.6 is 23.2 Å². The third-order valence-electron chi connectivity index (χ3n) is 5.24. The molecule has 0 spiro atoms. The number of nitrogens with zero attached hydrogens (tertiary/aromatic N) is 2. The Morgan fingerprint density at radius 3 is 2.17 bits per heavy atom. The summed E-state index contributed by atoms with van der Waals surface area (Å²) in [6.45, 7) is 3.00. The van der Waals surface area contributed by atoms with Gasteiger partial charge in [0, 0.05) is 34.8 Å². The molecule has 9 nitrogen and oxygen atoms in total. The lowest BCUT2D eigenvalue weighted by Gasteiger charge is -2.32. The summed E-state index contributed by atoms with van der Waals surface area (Å²) in [7, 11) is -1.03. The molecule has 2 aromatic carbocycles. The second-order valence-corrected chi connectivity index (χ2v) is 10.3. The van der Waals surface area contributed by atoms with Gasteiger partial charge in [-0.25, -0.2) is 8.42 Å². The highest BCUT2D eigenvalue weighted by molar-refractivity contribution is 7.92. The lowest BCUT2D eigenvalue weighted by atomic mass is 10.1.